The number of likely N-dealkylation sites (tertiary alicyclic amines) is 1. The van der Waals surface area contributed by atoms with E-state index in [1.165, 1.54) is 0 Å². The lowest BCUT2D eigenvalue weighted by atomic mass is 9.95. The molecule has 5 nitrogen and oxygen atoms in total. The summed E-state index contributed by atoms with van der Waals surface area (Å²) in [5, 5.41) is 3.46. The van der Waals surface area contributed by atoms with Crippen molar-refractivity contribution in [2.45, 2.75) is 26.4 Å². The molecule has 0 saturated carbocycles. The Bertz CT molecular complexity index is 485. The van der Waals surface area contributed by atoms with Gasteiger partial charge in [0.2, 0.25) is 0 Å². The molecule has 0 radical (unpaired) electrons. The number of carbonyl (C=O) groups is 1. The van der Waals surface area contributed by atoms with Gasteiger partial charge in [-0.3, -0.25) is 4.90 Å². The second-order valence-corrected chi connectivity index (χ2v) is 5.73. The largest absolute Gasteiger partial charge is 0.467 e. The number of ether oxygens (including phenoxy) is 1. The molecule has 2 saturated heterocycles. The molecule has 3 rings (SSSR count). The molecule has 20 heavy (non-hydrogen) atoms. The van der Waals surface area contributed by atoms with Crippen molar-refractivity contribution in [3.05, 3.63) is 23.7 Å². The molecule has 3 atom stereocenters. The number of fused-ring (bicyclic) bond motifs is 1. The molecule has 5 heteroatoms. The number of hydrogen-bond donors (Lipinski definition) is 1. The van der Waals surface area contributed by atoms with Gasteiger partial charge in [-0.2, -0.15) is 0 Å². The summed E-state index contributed by atoms with van der Waals surface area (Å²) >= 11 is 0. The lowest BCUT2D eigenvalue weighted by molar-refractivity contribution is 0.0521. The molecule has 3 heterocycles. The molecule has 0 aromatic carbocycles. The average Bonchev–Trinajstić information content (AvgIpc) is 3.10. The SMILES string of the molecule is CCOC(=O)c1ccoc1CN1CC2CNCC2C1C. The van der Waals surface area contributed by atoms with Crippen LogP contribution in [0.5, 0.6) is 0 Å². The third-order valence-electron chi connectivity index (χ3n) is 4.64. The highest BCUT2D eigenvalue weighted by atomic mass is 16.5. The van der Waals surface area contributed by atoms with Crippen molar-refractivity contribution >= 4 is 5.97 Å². The van der Waals surface area contributed by atoms with E-state index in [0.29, 0.717) is 24.8 Å². The summed E-state index contributed by atoms with van der Waals surface area (Å²) in [5.74, 6) is 1.88. The van der Waals surface area contributed by atoms with Crippen molar-refractivity contribution in [1.82, 2.24) is 10.2 Å². The fourth-order valence-electron chi connectivity index (χ4n) is 3.50. The smallest absolute Gasteiger partial charge is 0.341 e. The van der Waals surface area contributed by atoms with Gasteiger partial charge in [0.05, 0.1) is 19.4 Å². The minimum Gasteiger partial charge on any atom is -0.467 e. The predicted molar refractivity (Wildman–Crippen MR) is 74.4 cm³/mol. The zero-order chi connectivity index (χ0) is 14.1. The third-order valence-corrected chi connectivity index (χ3v) is 4.64. The molecular formula is C15H22N2O3. The Balaban J connectivity index is 1.70. The summed E-state index contributed by atoms with van der Waals surface area (Å²) in [6, 6.07) is 2.23. The Morgan fingerprint density at radius 2 is 2.40 bits per heavy atom. The monoisotopic (exact) mass is 278 g/mol. The van der Waals surface area contributed by atoms with E-state index in [2.05, 4.69) is 17.1 Å². The minimum atomic E-state index is -0.287. The normalized spacial score (nSPS) is 29.6. The van der Waals surface area contributed by atoms with Crippen molar-refractivity contribution < 1.29 is 13.9 Å². The summed E-state index contributed by atoms with van der Waals surface area (Å²) in [6.07, 6.45) is 1.57. The minimum absolute atomic E-state index is 0.287. The molecular weight excluding hydrogens is 256 g/mol. The highest BCUT2D eigenvalue weighted by molar-refractivity contribution is 5.90. The zero-order valence-electron chi connectivity index (χ0n) is 12.1. The van der Waals surface area contributed by atoms with E-state index in [-0.39, 0.29) is 5.97 Å². The van der Waals surface area contributed by atoms with Crippen molar-refractivity contribution in [1.29, 1.82) is 0 Å². The Morgan fingerprint density at radius 3 is 3.15 bits per heavy atom. The maximum Gasteiger partial charge on any atom is 0.341 e. The van der Waals surface area contributed by atoms with Gasteiger partial charge in [0, 0.05) is 12.6 Å². The van der Waals surface area contributed by atoms with Gasteiger partial charge in [-0.15, -0.1) is 0 Å². The van der Waals surface area contributed by atoms with E-state index in [4.69, 9.17) is 9.15 Å². The Labute approximate surface area is 119 Å². The van der Waals surface area contributed by atoms with Crippen molar-refractivity contribution in [3.8, 4) is 0 Å². The van der Waals surface area contributed by atoms with Crippen molar-refractivity contribution in [2.75, 3.05) is 26.2 Å². The van der Waals surface area contributed by atoms with Crippen LogP contribution in [0.2, 0.25) is 0 Å². The summed E-state index contributed by atoms with van der Waals surface area (Å²) in [5.41, 5.74) is 0.564. The van der Waals surface area contributed by atoms with E-state index in [1.807, 2.05) is 6.92 Å². The lowest BCUT2D eigenvalue weighted by Crippen LogP contribution is -2.33. The van der Waals surface area contributed by atoms with Crippen LogP contribution < -0.4 is 5.32 Å². The molecule has 0 spiro atoms. The van der Waals surface area contributed by atoms with E-state index in [9.17, 15) is 4.79 Å². The summed E-state index contributed by atoms with van der Waals surface area (Å²) in [6.45, 7) is 8.44. The topological polar surface area (TPSA) is 54.7 Å². The first kappa shape index (κ1) is 13.6. The van der Waals surface area contributed by atoms with Gasteiger partial charge >= 0.3 is 5.97 Å². The van der Waals surface area contributed by atoms with Crippen LogP contribution in [0.3, 0.4) is 0 Å². The number of nitrogens with zero attached hydrogens (tertiary/aromatic N) is 1. The first-order valence-corrected chi connectivity index (χ1v) is 7.39. The number of nitrogens with one attached hydrogen (secondary N) is 1. The Kier molecular flexibility index (Phi) is 3.81. The van der Waals surface area contributed by atoms with Crippen molar-refractivity contribution in [3.63, 3.8) is 0 Å². The fraction of sp³-hybridized carbons (Fsp3) is 0.667. The predicted octanol–water partition coefficient (Wildman–Crippen LogP) is 1.50. The van der Waals surface area contributed by atoms with Crippen LogP contribution in [0.4, 0.5) is 0 Å². The fourth-order valence-corrected chi connectivity index (χ4v) is 3.50. The van der Waals surface area contributed by atoms with E-state index in [1.54, 1.807) is 12.3 Å². The molecule has 0 bridgehead atoms. The first-order valence-electron chi connectivity index (χ1n) is 7.39. The maximum atomic E-state index is 11.9. The maximum absolute atomic E-state index is 11.9. The number of furan rings is 1. The van der Waals surface area contributed by atoms with Crippen LogP contribution in [-0.2, 0) is 11.3 Å². The standard InChI is InChI=1S/C15H22N2O3/c1-3-19-15(18)12-4-5-20-14(12)9-17-8-11-6-16-7-13(11)10(17)2/h4-5,10-11,13,16H,3,6-9H2,1-2H3. The van der Waals surface area contributed by atoms with Crippen LogP contribution >= 0.6 is 0 Å². The molecule has 1 aromatic heterocycles. The zero-order valence-corrected chi connectivity index (χ0v) is 12.1. The average molecular weight is 278 g/mol. The van der Waals surface area contributed by atoms with Gasteiger partial charge < -0.3 is 14.5 Å². The van der Waals surface area contributed by atoms with Gasteiger partial charge in [0.15, 0.2) is 0 Å². The first-order chi connectivity index (χ1) is 9.70. The molecule has 3 unspecified atom stereocenters. The molecule has 0 aliphatic carbocycles. The second-order valence-electron chi connectivity index (χ2n) is 5.73. The van der Waals surface area contributed by atoms with Crippen molar-refractivity contribution in [2.24, 2.45) is 11.8 Å². The number of carbonyl (C=O) groups excluding carboxylic acids is 1. The van der Waals surface area contributed by atoms with Gasteiger partial charge in [-0.25, -0.2) is 4.79 Å². The molecule has 0 amide bonds. The molecule has 2 aliphatic rings. The van der Waals surface area contributed by atoms with Crippen LogP contribution in [0, 0.1) is 11.8 Å². The Hall–Kier alpha value is -1.33. The third kappa shape index (κ3) is 2.36. The van der Waals surface area contributed by atoms with Gasteiger partial charge in [0.1, 0.15) is 11.3 Å². The highest BCUT2D eigenvalue weighted by Gasteiger charge is 2.42. The molecule has 1 N–H and O–H groups in total. The van der Waals surface area contributed by atoms with Crippen LogP contribution in [0.1, 0.15) is 30.0 Å². The molecule has 2 aliphatic heterocycles. The highest BCUT2D eigenvalue weighted by Crippen LogP contribution is 2.33. The molecule has 1 aromatic rings. The van der Waals surface area contributed by atoms with Crippen LogP contribution in [0.25, 0.3) is 0 Å². The van der Waals surface area contributed by atoms with E-state index < -0.39 is 0 Å². The summed E-state index contributed by atoms with van der Waals surface area (Å²) in [4.78, 5) is 14.3. The van der Waals surface area contributed by atoms with Gasteiger partial charge in [0.25, 0.3) is 0 Å². The number of esters is 1. The van der Waals surface area contributed by atoms with Crippen LogP contribution in [0.15, 0.2) is 16.7 Å². The van der Waals surface area contributed by atoms with E-state index >= 15 is 0 Å². The summed E-state index contributed by atoms with van der Waals surface area (Å²) < 4.78 is 10.6. The Morgan fingerprint density at radius 1 is 1.55 bits per heavy atom. The summed E-state index contributed by atoms with van der Waals surface area (Å²) in [7, 11) is 0. The quantitative estimate of drug-likeness (QED) is 0.846. The van der Waals surface area contributed by atoms with Gasteiger partial charge in [-0.05, 0) is 44.8 Å². The number of rotatable bonds is 4. The second kappa shape index (κ2) is 5.58. The molecule has 110 valence electrons. The number of hydrogen-bond acceptors (Lipinski definition) is 5. The van der Waals surface area contributed by atoms with Gasteiger partial charge in [-0.1, -0.05) is 0 Å². The molecule has 2 fully saturated rings. The van der Waals surface area contributed by atoms with Crippen LogP contribution in [-0.4, -0.2) is 43.2 Å². The lowest BCUT2D eigenvalue weighted by Gasteiger charge is -2.23. The van der Waals surface area contributed by atoms with E-state index in [0.717, 1.165) is 37.2 Å².